The van der Waals surface area contributed by atoms with Gasteiger partial charge in [0.1, 0.15) is 6.33 Å². The van der Waals surface area contributed by atoms with E-state index in [2.05, 4.69) is 22.0 Å². The van der Waals surface area contributed by atoms with E-state index in [0.717, 1.165) is 36.1 Å². The summed E-state index contributed by atoms with van der Waals surface area (Å²) in [6.07, 6.45) is 11.1. The fourth-order valence-electron chi connectivity index (χ4n) is 3.83. The molecule has 0 radical (unpaired) electrons. The van der Waals surface area contributed by atoms with Crippen molar-refractivity contribution in [1.82, 2.24) is 24.5 Å². The molecule has 1 amide bonds. The number of rotatable bonds is 4. The number of hydrogen-bond acceptors (Lipinski definition) is 4. The maximum atomic E-state index is 13.1. The van der Waals surface area contributed by atoms with Gasteiger partial charge in [-0.2, -0.15) is 10.1 Å². The molecule has 4 rings (SSSR count). The molecule has 0 spiro atoms. The SMILES string of the molecule is CCN(C(=O)c1cccc(-c2cnc3ncnn3c2)c1)C1CCCCC1. The summed E-state index contributed by atoms with van der Waals surface area (Å²) in [5, 5.41) is 4.13. The Morgan fingerprint density at radius 3 is 2.85 bits per heavy atom. The van der Waals surface area contributed by atoms with Gasteiger partial charge in [0.05, 0.1) is 0 Å². The van der Waals surface area contributed by atoms with Gasteiger partial charge >= 0.3 is 0 Å². The summed E-state index contributed by atoms with van der Waals surface area (Å²) in [5.74, 6) is 0.687. The Morgan fingerprint density at radius 2 is 2.04 bits per heavy atom. The highest BCUT2D eigenvalue weighted by molar-refractivity contribution is 5.95. The third kappa shape index (κ3) is 3.19. The van der Waals surface area contributed by atoms with Gasteiger partial charge in [0, 0.05) is 36.1 Å². The number of benzene rings is 1. The number of amides is 1. The van der Waals surface area contributed by atoms with Gasteiger partial charge in [-0.1, -0.05) is 31.4 Å². The standard InChI is InChI=1S/C20H23N5O/c1-2-24(18-9-4-3-5-10-18)19(26)16-8-6-7-15(11-16)17-12-21-20-22-14-23-25(20)13-17/h6-8,11-14,18H,2-5,9-10H2,1H3. The summed E-state index contributed by atoms with van der Waals surface area (Å²) in [4.78, 5) is 23.5. The summed E-state index contributed by atoms with van der Waals surface area (Å²) >= 11 is 0. The van der Waals surface area contributed by atoms with Crippen molar-refractivity contribution >= 4 is 11.7 Å². The fourth-order valence-corrected chi connectivity index (χ4v) is 3.83. The van der Waals surface area contributed by atoms with Crippen LogP contribution in [0.1, 0.15) is 49.4 Å². The van der Waals surface area contributed by atoms with E-state index in [1.807, 2.05) is 35.4 Å². The molecule has 2 aromatic heterocycles. The molecule has 1 aliphatic carbocycles. The monoisotopic (exact) mass is 349 g/mol. The number of fused-ring (bicyclic) bond motifs is 1. The molecule has 1 aliphatic rings. The van der Waals surface area contributed by atoms with Gasteiger partial charge in [-0.15, -0.1) is 0 Å². The highest BCUT2D eigenvalue weighted by atomic mass is 16.2. The van der Waals surface area contributed by atoms with E-state index in [9.17, 15) is 4.79 Å². The van der Waals surface area contributed by atoms with Crippen LogP contribution >= 0.6 is 0 Å². The molecule has 0 N–H and O–H groups in total. The molecule has 6 nitrogen and oxygen atoms in total. The van der Waals surface area contributed by atoms with Gasteiger partial charge < -0.3 is 4.90 Å². The average Bonchev–Trinajstić information content (AvgIpc) is 3.17. The minimum Gasteiger partial charge on any atom is -0.336 e. The van der Waals surface area contributed by atoms with Crippen LogP contribution in [-0.2, 0) is 0 Å². The lowest BCUT2D eigenvalue weighted by atomic mass is 9.93. The van der Waals surface area contributed by atoms with E-state index in [1.54, 1.807) is 10.7 Å². The van der Waals surface area contributed by atoms with Gasteiger partial charge in [0.2, 0.25) is 0 Å². The van der Waals surface area contributed by atoms with E-state index in [-0.39, 0.29) is 5.91 Å². The molecule has 134 valence electrons. The lowest BCUT2D eigenvalue weighted by Crippen LogP contribution is -2.41. The van der Waals surface area contributed by atoms with E-state index in [1.165, 1.54) is 25.6 Å². The van der Waals surface area contributed by atoms with Gasteiger partial charge in [0.25, 0.3) is 11.7 Å². The Labute approximate surface area is 152 Å². The molecule has 1 aromatic carbocycles. The smallest absolute Gasteiger partial charge is 0.254 e. The summed E-state index contributed by atoms with van der Waals surface area (Å²) in [6.45, 7) is 2.82. The molecule has 0 atom stereocenters. The van der Waals surface area contributed by atoms with Crippen LogP contribution in [0.2, 0.25) is 0 Å². The summed E-state index contributed by atoms with van der Waals surface area (Å²) in [7, 11) is 0. The quantitative estimate of drug-likeness (QED) is 0.722. The van der Waals surface area contributed by atoms with E-state index >= 15 is 0 Å². The second-order valence-electron chi connectivity index (χ2n) is 6.81. The fraction of sp³-hybridized carbons (Fsp3) is 0.400. The molecule has 0 unspecified atom stereocenters. The maximum absolute atomic E-state index is 13.1. The highest BCUT2D eigenvalue weighted by Crippen LogP contribution is 2.25. The van der Waals surface area contributed by atoms with E-state index in [0.29, 0.717) is 11.8 Å². The summed E-state index contributed by atoms with van der Waals surface area (Å²) in [6, 6.07) is 8.15. The molecule has 0 aliphatic heterocycles. The van der Waals surface area contributed by atoms with Crippen molar-refractivity contribution in [2.75, 3.05) is 6.54 Å². The summed E-state index contributed by atoms with van der Waals surface area (Å²) in [5.41, 5.74) is 2.60. The van der Waals surface area contributed by atoms with Gasteiger partial charge in [-0.25, -0.2) is 9.50 Å². The number of hydrogen-bond donors (Lipinski definition) is 0. The van der Waals surface area contributed by atoms with Gasteiger partial charge in [-0.05, 0) is 37.5 Å². The van der Waals surface area contributed by atoms with Crippen molar-refractivity contribution in [2.45, 2.75) is 45.1 Å². The van der Waals surface area contributed by atoms with Crippen molar-refractivity contribution in [2.24, 2.45) is 0 Å². The second kappa shape index (κ2) is 7.23. The number of aromatic nitrogens is 4. The first-order chi connectivity index (χ1) is 12.8. The summed E-state index contributed by atoms with van der Waals surface area (Å²) < 4.78 is 1.64. The zero-order valence-electron chi connectivity index (χ0n) is 15.0. The van der Waals surface area contributed by atoms with Crippen LogP contribution in [-0.4, -0.2) is 43.0 Å². The minimum absolute atomic E-state index is 0.121. The third-order valence-electron chi connectivity index (χ3n) is 5.19. The molecule has 0 bridgehead atoms. The highest BCUT2D eigenvalue weighted by Gasteiger charge is 2.25. The normalized spacial score (nSPS) is 15.3. The zero-order chi connectivity index (χ0) is 17.9. The Bertz CT molecular complexity index is 913. The van der Waals surface area contributed by atoms with Crippen molar-refractivity contribution < 1.29 is 4.79 Å². The lowest BCUT2D eigenvalue weighted by molar-refractivity contribution is 0.0648. The molecule has 2 heterocycles. The van der Waals surface area contributed by atoms with Crippen LogP contribution in [0.25, 0.3) is 16.9 Å². The number of carbonyl (C=O) groups is 1. The molecular weight excluding hydrogens is 326 g/mol. The largest absolute Gasteiger partial charge is 0.336 e. The van der Waals surface area contributed by atoms with Crippen LogP contribution in [0.3, 0.4) is 0 Å². The van der Waals surface area contributed by atoms with Crippen LogP contribution < -0.4 is 0 Å². The van der Waals surface area contributed by atoms with E-state index < -0.39 is 0 Å². The predicted molar refractivity (Wildman–Crippen MR) is 99.8 cm³/mol. The average molecular weight is 349 g/mol. The van der Waals surface area contributed by atoms with Crippen molar-refractivity contribution in [1.29, 1.82) is 0 Å². The Kier molecular flexibility index (Phi) is 4.65. The van der Waals surface area contributed by atoms with Crippen LogP contribution in [0.4, 0.5) is 0 Å². The topological polar surface area (TPSA) is 63.4 Å². The first-order valence-corrected chi connectivity index (χ1v) is 9.33. The van der Waals surface area contributed by atoms with Gasteiger partial charge in [0.15, 0.2) is 0 Å². The first-order valence-electron chi connectivity index (χ1n) is 9.33. The predicted octanol–water partition coefficient (Wildman–Crippen LogP) is 3.59. The Balaban J connectivity index is 1.62. The van der Waals surface area contributed by atoms with Crippen molar-refractivity contribution in [3.05, 3.63) is 48.5 Å². The van der Waals surface area contributed by atoms with E-state index in [4.69, 9.17) is 0 Å². The van der Waals surface area contributed by atoms with Crippen LogP contribution in [0, 0.1) is 0 Å². The zero-order valence-corrected chi connectivity index (χ0v) is 15.0. The Morgan fingerprint density at radius 1 is 1.19 bits per heavy atom. The molecule has 1 saturated carbocycles. The lowest BCUT2D eigenvalue weighted by Gasteiger charge is -2.33. The van der Waals surface area contributed by atoms with Gasteiger partial charge in [-0.3, -0.25) is 4.79 Å². The Hall–Kier alpha value is -2.76. The van der Waals surface area contributed by atoms with Crippen LogP contribution in [0.15, 0.2) is 43.0 Å². The molecule has 6 heteroatoms. The number of nitrogens with zero attached hydrogens (tertiary/aromatic N) is 5. The molecule has 0 saturated heterocycles. The molecular formula is C20H23N5O. The third-order valence-corrected chi connectivity index (χ3v) is 5.19. The van der Waals surface area contributed by atoms with Crippen LogP contribution in [0.5, 0.6) is 0 Å². The number of carbonyl (C=O) groups excluding carboxylic acids is 1. The molecule has 26 heavy (non-hydrogen) atoms. The maximum Gasteiger partial charge on any atom is 0.254 e. The molecule has 1 fully saturated rings. The molecule has 3 aromatic rings. The second-order valence-corrected chi connectivity index (χ2v) is 6.81. The minimum atomic E-state index is 0.121. The van der Waals surface area contributed by atoms with Crippen molar-refractivity contribution in [3.63, 3.8) is 0 Å². The van der Waals surface area contributed by atoms with Crippen molar-refractivity contribution in [3.8, 4) is 11.1 Å². The first kappa shape index (κ1) is 16.7.